The second-order valence-corrected chi connectivity index (χ2v) is 7.63. The fourth-order valence-electron chi connectivity index (χ4n) is 2.20. The lowest BCUT2D eigenvalue weighted by Crippen LogP contribution is -2.15. The lowest BCUT2D eigenvalue weighted by atomic mass is 10.2. The van der Waals surface area contributed by atoms with Gasteiger partial charge in [0.1, 0.15) is 5.75 Å². The molecule has 2 aromatic carbocycles. The van der Waals surface area contributed by atoms with E-state index in [2.05, 4.69) is 10.0 Å². The van der Waals surface area contributed by atoms with Crippen LogP contribution in [0.1, 0.15) is 27.2 Å². The van der Waals surface area contributed by atoms with Crippen LogP contribution in [0.25, 0.3) is 0 Å². The number of rotatable bonds is 8. The Morgan fingerprint density at radius 3 is 2.25 bits per heavy atom. The minimum atomic E-state index is -3.27. The monoisotopic (exact) mass is 348 g/mol. The average Bonchev–Trinajstić information content (AvgIpc) is 2.50. The lowest BCUT2D eigenvalue weighted by molar-refractivity contribution is 0.244. The van der Waals surface area contributed by atoms with Gasteiger partial charge in [-0.2, -0.15) is 0 Å². The van der Waals surface area contributed by atoms with Gasteiger partial charge in [0.2, 0.25) is 10.0 Å². The predicted octanol–water partition coefficient (Wildman–Crippen LogP) is 4.37. The van der Waals surface area contributed by atoms with Gasteiger partial charge in [0.25, 0.3) is 0 Å². The maximum atomic E-state index is 11.8. The molecule has 24 heavy (non-hydrogen) atoms. The van der Waals surface area contributed by atoms with Crippen LogP contribution in [0.3, 0.4) is 0 Å². The molecular weight excluding hydrogens is 324 g/mol. The molecule has 2 aromatic rings. The molecule has 0 amide bonds. The van der Waals surface area contributed by atoms with E-state index in [1.807, 2.05) is 57.2 Å². The van der Waals surface area contributed by atoms with Gasteiger partial charge in [-0.05, 0) is 56.7 Å². The Morgan fingerprint density at radius 2 is 1.62 bits per heavy atom. The summed E-state index contributed by atoms with van der Waals surface area (Å²) in [7, 11) is -3.27. The zero-order chi connectivity index (χ0) is 17.6. The first kappa shape index (κ1) is 18.1. The third kappa shape index (κ3) is 5.45. The lowest BCUT2D eigenvalue weighted by Gasteiger charge is -2.15. The van der Waals surface area contributed by atoms with Crippen molar-refractivity contribution in [1.29, 1.82) is 0 Å². The highest BCUT2D eigenvalue weighted by molar-refractivity contribution is 7.92. The number of sulfonamides is 1. The van der Waals surface area contributed by atoms with E-state index < -0.39 is 10.0 Å². The summed E-state index contributed by atoms with van der Waals surface area (Å²) < 4.78 is 31.9. The molecule has 0 bridgehead atoms. The third-order valence-electron chi connectivity index (χ3n) is 3.16. The van der Waals surface area contributed by atoms with Crippen molar-refractivity contribution in [2.24, 2.45) is 0 Å². The van der Waals surface area contributed by atoms with Crippen molar-refractivity contribution in [2.45, 2.75) is 33.3 Å². The van der Waals surface area contributed by atoms with Crippen LogP contribution >= 0.6 is 0 Å². The van der Waals surface area contributed by atoms with E-state index in [9.17, 15) is 8.42 Å². The Bertz CT molecular complexity index is 756. The summed E-state index contributed by atoms with van der Waals surface area (Å²) >= 11 is 0. The second-order valence-electron chi connectivity index (χ2n) is 5.79. The Kier molecular flexibility index (Phi) is 6.09. The number of anilines is 3. The van der Waals surface area contributed by atoms with Crippen molar-refractivity contribution in [3.63, 3.8) is 0 Å². The molecular formula is C18H24N2O3S. The smallest absolute Gasteiger partial charge is 0.232 e. The van der Waals surface area contributed by atoms with Crippen LogP contribution in [0.4, 0.5) is 17.1 Å². The molecule has 2 rings (SSSR count). The van der Waals surface area contributed by atoms with Gasteiger partial charge >= 0.3 is 0 Å². The topological polar surface area (TPSA) is 67.4 Å². The van der Waals surface area contributed by atoms with Gasteiger partial charge in [0.15, 0.2) is 0 Å². The van der Waals surface area contributed by atoms with Crippen molar-refractivity contribution in [2.75, 3.05) is 15.8 Å². The number of nitrogens with one attached hydrogen (secondary N) is 2. The fourth-order valence-corrected chi connectivity index (χ4v) is 3.34. The molecule has 0 radical (unpaired) electrons. The molecule has 0 aliphatic carbocycles. The second kappa shape index (κ2) is 8.06. The Labute approximate surface area is 144 Å². The van der Waals surface area contributed by atoms with Gasteiger partial charge in [0.05, 0.1) is 17.5 Å². The van der Waals surface area contributed by atoms with E-state index >= 15 is 0 Å². The van der Waals surface area contributed by atoms with Crippen LogP contribution in [0, 0.1) is 0 Å². The number of hydrogen-bond donors (Lipinski definition) is 2. The van der Waals surface area contributed by atoms with Crippen molar-refractivity contribution < 1.29 is 13.2 Å². The molecule has 0 saturated carbocycles. The molecule has 2 N–H and O–H groups in total. The van der Waals surface area contributed by atoms with Gasteiger partial charge in [-0.3, -0.25) is 4.72 Å². The zero-order valence-corrected chi connectivity index (χ0v) is 15.1. The summed E-state index contributed by atoms with van der Waals surface area (Å²) in [6.07, 6.45) is 0.671. The van der Waals surface area contributed by atoms with E-state index in [0.29, 0.717) is 12.1 Å². The number of benzene rings is 2. The molecule has 0 aromatic heterocycles. The van der Waals surface area contributed by atoms with Crippen LogP contribution in [-0.4, -0.2) is 20.3 Å². The summed E-state index contributed by atoms with van der Waals surface area (Å²) in [5.41, 5.74) is 2.28. The molecule has 0 aliphatic heterocycles. The van der Waals surface area contributed by atoms with Crippen LogP contribution in [0.5, 0.6) is 5.75 Å². The van der Waals surface area contributed by atoms with Crippen molar-refractivity contribution >= 4 is 27.1 Å². The molecule has 5 nitrogen and oxygen atoms in total. The quantitative estimate of drug-likeness (QED) is 0.743. The van der Waals surface area contributed by atoms with Gasteiger partial charge < -0.3 is 10.1 Å². The van der Waals surface area contributed by atoms with E-state index in [0.717, 1.165) is 17.1 Å². The largest absolute Gasteiger partial charge is 0.489 e. The highest BCUT2D eigenvalue weighted by atomic mass is 32.2. The Hall–Kier alpha value is -2.21. The van der Waals surface area contributed by atoms with Gasteiger partial charge in [0, 0.05) is 11.4 Å². The van der Waals surface area contributed by atoms with Crippen molar-refractivity contribution in [1.82, 2.24) is 0 Å². The summed E-state index contributed by atoms with van der Waals surface area (Å²) in [5, 5.41) is 3.29. The number of ether oxygens (including phenoxy) is 1. The minimum Gasteiger partial charge on any atom is -0.489 e. The molecule has 6 heteroatoms. The van der Waals surface area contributed by atoms with Crippen LogP contribution < -0.4 is 14.8 Å². The highest BCUT2D eigenvalue weighted by Gasteiger charge is 2.09. The van der Waals surface area contributed by atoms with Crippen LogP contribution in [0.2, 0.25) is 0 Å². The first-order valence-electron chi connectivity index (χ1n) is 8.03. The van der Waals surface area contributed by atoms with Gasteiger partial charge in [-0.15, -0.1) is 0 Å². The summed E-state index contributed by atoms with van der Waals surface area (Å²) in [6.45, 7) is 5.80. The van der Waals surface area contributed by atoms with E-state index in [4.69, 9.17) is 4.74 Å². The Balaban J connectivity index is 2.10. The SMILES string of the molecule is CCCS(=O)(=O)Nc1ccc(Nc2ccccc2OC(C)C)cc1. The Morgan fingerprint density at radius 1 is 1.00 bits per heavy atom. The van der Waals surface area contributed by atoms with Crippen LogP contribution in [0.15, 0.2) is 48.5 Å². The highest BCUT2D eigenvalue weighted by Crippen LogP contribution is 2.28. The van der Waals surface area contributed by atoms with E-state index in [1.54, 1.807) is 12.1 Å². The minimum absolute atomic E-state index is 0.0864. The normalized spacial score (nSPS) is 11.3. The molecule has 0 atom stereocenters. The first-order valence-corrected chi connectivity index (χ1v) is 9.68. The molecule has 0 fully saturated rings. The first-order chi connectivity index (χ1) is 11.4. The maximum Gasteiger partial charge on any atom is 0.232 e. The molecule has 0 spiro atoms. The molecule has 0 saturated heterocycles. The van der Waals surface area contributed by atoms with Gasteiger partial charge in [-0.1, -0.05) is 19.1 Å². The van der Waals surface area contributed by atoms with Gasteiger partial charge in [-0.25, -0.2) is 8.42 Å². The van der Waals surface area contributed by atoms with E-state index in [1.165, 1.54) is 0 Å². The summed E-state index contributed by atoms with van der Waals surface area (Å²) in [6, 6.07) is 14.8. The standard InChI is InChI=1S/C18H24N2O3S/c1-4-13-24(21,22)20-16-11-9-15(10-12-16)19-17-7-5-6-8-18(17)23-14(2)3/h5-12,14,19-20H,4,13H2,1-3H3. The number of hydrogen-bond acceptors (Lipinski definition) is 4. The zero-order valence-electron chi connectivity index (χ0n) is 14.2. The van der Waals surface area contributed by atoms with Crippen LogP contribution in [-0.2, 0) is 10.0 Å². The van der Waals surface area contributed by atoms with Crippen molar-refractivity contribution in [3.05, 3.63) is 48.5 Å². The number of para-hydroxylation sites is 2. The van der Waals surface area contributed by atoms with Crippen molar-refractivity contribution in [3.8, 4) is 5.75 Å². The third-order valence-corrected chi connectivity index (χ3v) is 4.65. The fraction of sp³-hybridized carbons (Fsp3) is 0.333. The molecule has 0 unspecified atom stereocenters. The molecule has 130 valence electrons. The maximum absolute atomic E-state index is 11.8. The summed E-state index contributed by atoms with van der Waals surface area (Å²) in [4.78, 5) is 0. The predicted molar refractivity (Wildman–Crippen MR) is 99.6 cm³/mol. The summed E-state index contributed by atoms with van der Waals surface area (Å²) in [5.74, 6) is 0.896. The molecule has 0 heterocycles. The average molecular weight is 348 g/mol. The van der Waals surface area contributed by atoms with E-state index in [-0.39, 0.29) is 11.9 Å². The molecule has 0 aliphatic rings.